The van der Waals surface area contributed by atoms with E-state index in [9.17, 15) is 19.8 Å². The van der Waals surface area contributed by atoms with E-state index in [1.165, 1.54) is 347 Å². The Morgan fingerprint density at radius 3 is 0.878 bits per heavy atom. The first-order chi connectivity index (χ1) is 40.5. The number of ether oxygens (including phenoxy) is 1. The van der Waals surface area contributed by atoms with Crippen LogP contribution in [-0.2, 0) is 14.3 Å². The van der Waals surface area contributed by atoms with Crippen LogP contribution in [0, 0.1) is 0 Å². The number of nitrogens with one attached hydrogen (secondary N) is 1. The highest BCUT2D eigenvalue weighted by molar-refractivity contribution is 5.76. The van der Waals surface area contributed by atoms with Crippen molar-refractivity contribution in [2.24, 2.45) is 0 Å². The highest BCUT2D eigenvalue weighted by Gasteiger charge is 2.20. The van der Waals surface area contributed by atoms with Gasteiger partial charge in [-0.05, 0) is 77.0 Å². The third-order valence-corrected chi connectivity index (χ3v) is 17.7. The molecule has 0 aliphatic heterocycles. The Kier molecular flexibility index (Phi) is 70.4. The largest absolute Gasteiger partial charge is 0.466 e. The van der Waals surface area contributed by atoms with Crippen LogP contribution < -0.4 is 5.32 Å². The van der Waals surface area contributed by atoms with Crippen molar-refractivity contribution in [3.8, 4) is 0 Å². The second kappa shape index (κ2) is 71.8. The quantitative estimate of drug-likeness (QED) is 0.0320. The fraction of sp³-hybridized carbons (Fsp3) is 0.921. The van der Waals surface area contributed by atoms with Crippen molar-refractivity contribution >= 4 is 11.9 Å². The average molecular weight is 1160 g/mol. The van der Waals surface area contributed by atoms with Crippen molar-refractivity contribution in [3.05, 3.63) is 24.3 Å². The lowest BCUT2D eigenvalue weighted by atomic mass is 10.0. The van der Waals surface area contributed by atoms with Crippen molar-refractivity contribution in [1.82, 2.24) is 5.32 Å². The van der Waals surface area contributed by atoms with Gasteiger partial charge in [0.05, 0.1) is 25.4 Å². The van der Waals surface area contributed by atoms with Gasteiger partial charge in [0.15, 0.2) is 0 Å². The highest BCUT2D eigenvalue weighted by Crippen LogP contribution is 2.19. The monoisotopic (exact) mass is 1150 g/mol. The number of hydrogen-bond donors (Lipinski definition) is 3. The molecule has 0 aromatic carbocycles. The average Bonchev–Trinajstić information content (AvgIpc) is 3.48. The Bertz CT molecular complexity index is 1280. The zero-order chi connectivity index (χ0) is 59.2. The van der Waals surface area contributed by atoms with Crippen molar-refractivity contribution in [2.45, 2.75) is 437 Å². The summed E-state index contributed by atoms with van der Waals surface area (Å²) in [7, 11) is 0. The molecule has 82 heavy (non-hydrogen) atoms. The summed E-state index contributed by atoms with van der Waals surface area (Å²) < 4.78 is 5.48. The lowest BCUT2D eigenvalue weighted by Crippen LogP contribution is -2.45. The Morgan fingerprint density at radius 2 is 0.573 bits per heavy atom. The van der Waals surface area contributed by atoms with Gasteiger partial charge < -0.3 is 20.3 Å². The molecule has 3 N–H and O–H groups in total. The second-order valence-electron chi connectivity index (χ2n) is 26.0. The summed E-state index contributed by atoms with van der Waals surface area (Å²) in [5, 5.41) is 23.5. The number of esters is 1. The molecule has 2 atom stereocenters. The number of hydrogen-bond acceptors (Lipinski definition) is 5. The van der Waals surface area contributed by atoms with Crippen LogP contribution in [0.1, 0.15) is 425 Å². The van der Waals surface area contributed by atoms with Crippen LogP contribution in [-0.4, -0.2) is 47.4 Å². The lowest BCUT2D eigenvalue weighted by Gasteiger charge is -2.22. The lowest BCUT2D eigenvalue weighted by molar-refractivity contribution is -0.143. The molecule has 0 spiro atoms. The van der Waals surface area contributed by atoms with E-state index >= 15 is 0 Å². The first-order valence-corrected chi connectivity index (χ1v) is 37.6. The molecule has 0 aliphatic carbocycles. The van der Waals surface area contributed by atoms with E-state index in [0.717, 1.165) is 44.9 Å². The van der Waals surface area contributed by atoms with Gasteiger partial charge in [-0.25, -0.2) is 0 Å². The maximum Gasteiger partial charge on any atom is 0.305 e. The summed E-state index contributed by atoms with van der Waals surface area (Å²) in [4.78, 5) is 24.6. The van der Waals surface area contributed by atoms with Crippen LogP contribution in [0.15, 0.2) is 24.3 Å². The maximum absolute atomic E-state index is 12.6. The van der Waals surface area contributed by atoms with Crippen molar-refractivity contribution < 1.29 is 24.5 Å². The molecule has 0 saturated carbocycles. The molecule has 0 bridgehead atoms. The van der Waals surface area contributed by atoms with Crippen LogP contribution in [0.5, 0.6) is 0 Å². The van der Waals surface area contributed by atoms with Gasteiger partial charge >= 0.3 is 5.97 Å². The topological polar surface area (TPSA) is 95.9 Å². The molecule has 1 amide bonds. The molecule has 6 heteroatoms. The van der Waals surface area contributed by atoms with Crippen LogP contribution >= 0.6 is 0 Å². The van der Waals surface area contributed by atoms with Crippen LogP contribution in [0.2, 0.25) is 0 Å². The minimum atomic E-state index is -0.665. The van der Waals surface area contributed by atoms with Crippen LogP contribution in [0.25, 0.3) is 0 Å². The Balaban J connectivity index is 3.37. The number of carbonyl (C=O) groups is 2. The number of carbonyl (C=O) groups excluding carboxylic acids is 2. The Morgan fingerprint density at radius 1 is 0.329 bits per heavy atom. The highest BCUT2D eigenvalue weighted by atomic mass is 16.5. The normalized spacial score (nSPS) is 12.6. The van der Waals surface area contributed by atoms with E-state index in [-0.39, 0.29) is 18.5 Å². The minimum Gasteiger partial charge on any atom is -0.466 e. The smallest absolute Gasteiger partial charge is 0.305 e. The van der Waals surface area contributed by atoms with Gasteiger partial charge in [-0.15, -0.1) is 0 Å². The number of allylic oxidation sites excluding steroid dienone is 4. The number of amides is 1. The third-order valence-electron chi connectivity index (χ3n) is 17.7. The van der Waals surface area contributed by atoms with Gasteiger partial charge in [0, 0.05) is 12.8 Å². The van der Waals surface area contributed by atoms with Crippen LogP contribution in [0.4, 0.5) is 0 Å². The zero-order valence-corrected chi connectivity index (χ0v) is 55.8. The van der Waals surface area contributed by atoms with E-state index in [2.05, 4.69) is 43.5 Å². The number of aliphatic hydroxyl groups excluding tert-OH is 2. The molecular formula is C76H147NO5. The molecule has 0 rings (SSSR count). The zero-order valence-electron chi connectivity index (χ0n) is 55.8. The summed E-state index contributed by atoms with van der Waals surface area (Å²) in [5.41, 5.74) is 0. The van der Waals surface area contributed by atoms with Gasteiger partial charge in [0.2, 0.25) is 5.91 Å². The van der Waals surface area contributed by atoms with E-state index in [1.54, 1.807) is 0 Å². The summed E-state index contributed by atoms with van der Waals surface area (Å²) in [6.45, 7) is 4.98. The molecule has 0 radical (unpaired) electrons. The Hall–Kier alpha value is -1.66. The summed E-state index contributed by atoms with van der Waals surface area (Å²) in [6, 6.07) is -0.542. The van der Waals surface area contributed by atoms with Gasteiger partial charge in [-0.1, -0.05) is 359 Å². The predicted molar refractivity (Wildman–Crippen MR) is 361 cm³/mol. The van der Waals surface area contributed by atoms with Crippen molar-refractivity contribution in [3.63, 3.8) is 0 Å². The Labute approximate surface area is 513 Å². The standard InChI is InChI=1S/C76H147NO5/c1-3-5-7-9-11-13-15-17-18-19-20-21-29-32-35-38-41-45-48-52-56-60-64-68-74(79)73(72-78)77-75(80)69-65-61-57-53-49-46-42-39-36-33-30-27-25-23-22-24-26-28-31-34-37-40-43-47-51-55-59-63-67-71-82-76(81)70-66-62-58-54-50-44-16-14-12-10-8-6-4-2/h14,16,22,24,73-74,78-79H,3-13,15,17-21,23,25-72H2,1-2H3,(H,77,80)/b16-14-,24-22-. The second-order valence-corrected chi connectivity index (χ2v) is 26.0. The SMILES string of the molecule is CCCCCC/C=C\CCCCCCCC(=O)OCCCCCCCCCCCCCC/C=C\CCCCCCCCCCCCCCCC(=O)NC(CO)C(O)CCCCCCCCCCCCCCCCCCCCCCCCC. The van der Waals surface area contributed by atoms with E-state index < -0.39 is 12.1 Å². The first-order valence-electron chi connectivity index (χ1n) is 37.6. The summed E-state index contributed by atoms with van der Waals surface area (Å²) in [6.07, 6.45) is 91.0. The molecule has 0 heterocycles. The molecule has 0 fully saturated rings. The number of rotatable bonds is 71. The molecule has 0 aromatic heterocycles. The first kappa shape index (κ1) is 80.3. The van der Waals surface area contributed by atoms with Crippen molar-refractivity contribution in [2.75, 3.05) is 13.2 Å². The van der Waals surface area contributed by atoms with Crippen molar-refractivity contribution in [1.29, 1.82) is 0 Å². The number of unbranched alkanes of at least 4 members (excludes halogenated alkanes) is 56. The summed E-state index contributed by atoms with van der Waals surface area (Å²) in [5.74, 6) is -0.0209. The van der Waals surface area contributed by atoms with Gasteiger partial charge in [-0.2, -0.15) is 0 Å². The molecule has 0 aliphatic rings. The third kappa shape index (κ3) is 67.5. The maximum atomic E-state index is 12.6. The van der Waals surface area contributed by atoms with E-state index in [0.29, 0.717) is 25.9 Å². The van der Waals surface area contributed by atoms with Gasteiger partial charge in [0.25, 0.3) is 0 Å². The fourth-order valence-corrected chi connectivity index (χ4v) is 12.0. The summed E-state index contributed by atoms with van der Waals surface area (Å²) >= 11 is 0. The molecule has 6 nitrogen and oxygen atoms in total. The predicted octanol–water partition coefficient (Wildman–Crippen LogP) is 24.5. The van der Waals surface area contributed by atoms with Crippen LogP contribution in [0.3, 0.4) is 0 Å². The van der Waals surface area contributed by atoms with E-state index in [4.69, 9.17) is 4.74 Å². The molecule has 0 aromatic rings. The molecule has 486 valence electrons. The number of aliphatic hydroxyl groups is 2. The van der Waals surface area contributed by atoms with Gasteiger partial charge in [-0.3, -0.25) is 9.59 Å². The molecular weight excluding hydrogens is 1010 g/mol. The minimum absolute atomic E-state index is 0.00807. The molecule has 0 saturated heterocycles. The van der Waals surface area contributed by atoms with Gasteiger partial charge in [0.1, 0.15) is 0 Å². The van der Waals surface area contributed by atoms with E-state index in [1.807, 2.05) is 0 Å². The molecule has 2 unspecified atom stereocenters. The fourth-order valence-electron chi connectivity index (χ4n) is 12.0.